The highest BCUT2D eigenvalue weighted by atomic mass is 16.5. The molecule has 0 aliphatic heterocycles. The molecule has 0 saturated carbocycles. The Labute approximate surface area is 118 Å². The second-order valence-electron chi connectivity index (χ2n) is 4.62. The van der Waals surface area contributed by atoms with Crippen LogP contribution in [0.25, 0.3) is 10.9 Å². The van der Waals surface area contributed by atoms with Crippen molar-refractivity contribution in [3.8, 4) is 5.75 Å². The van der Waals surface area contributed by atoms with Crippen LogP contribution in [0.5, 0.6) is 5.75 Å². The van der Waals surface area contributed by atoms with Crippen LogP contribution in [0.4, 0.5) is 0 Å². The Balaban J connectivity index is 1.79. The van der Waals surface area contributed by atoms with Crippen LogP contribution in [0.2, 0.25) is 0 Å². The van der Waals surface area contributed by atoms with Gasteiger partial charge >= 0.3 is 0 Å². The summed E-state index contributed by atoms with van der Waals surface area (Å²) in [6, 6.07) is 18.0. The molecule has 20 heavy (non-hydrogen) atoms. The zero-order chi connectivity index (χ0) is 13.8. The maximum Gasteiger partial charge on any atom is 0.122 e. The minimum Gasteiger partial charge on any atom is -0.489 e. The second-order valence-corrected chi connectivity index (χ2v) is 4.62. The minimum absolute atomic E-state index is 0.520. The Hall–Kier alpha value is -2.39. The minimum atomic E-state index is 0.520. The number of fused-ring (bicyclic) bond motifs is 1. The fraction of sp³-hybridized carbons (Fsp3) is 0.118. The molecule has 0 atom stereocenters. The van der Waals surface area contributed by atoms with Crippen molar-refractivity contribution >= 4 is 10.9 Å². The van der Waals surface area contributed by atoms with Crippen molar-refractivity contribution in [1.29, 1.82) is 0 Å². The summed E-state index contributed by atoms with van der Waals surface area (Å²) < 4.78 is 5.85. The molecule has 0 amide bonds. The van der Waals surface area contributed by atoms with Crippen LogP contribution < -0.4 is 10.5 Å². The Bertz CT molecular complexity index is 725. The van der Waals surface area contributed by atoms with E-state index < -0.39 is 0 Å². The van der Waals surface area contributed by atoms with E-state index in [4.69, 9.17) is 10.5 Å². The van der Waals surface area contributed by atoms with E-state index in [9.17, 15) is 0 Å². The lowest BCUT2D eigenvalue weighted by molar-refractivity contribution is 0.305. The van der Waals surface area contributed by atoms with Crippen LogP contribution >= 0.6 is 0 Å². The highest BCUT2D eigenvalue weighted by Gasteiger charge is 2.02. The molecular weight excluding hydrogens is 248 g/mol. The topological polar surface area (TPSA) is 48.1 Å². The molecule has 3 heteroatoms. The maximum atomic E-state index is 5.85. The fourth-order valence-electron chi connectivity index (χ4n) is 2.19. The van der Waals surface area contributed by atoms with Gasteiger partial charge in [0.1, 0.15) is 12.4 Å². The van der Waals surface area contributed by atoms with E-state index in [2.05, 4.69) is 4.98 Å². The molecule has 3 rings (SSSR count). The number of benzene rings is 2. The van der Waals surface area contributed by atoms with Gasteiger partial charge in [-0.25, -0.2) is 0 Å². The summed E-state index contributed by atoms with van der Waals surface area (Å²) in [4.78, 5) is 4.33. The third-order valence-electron chi connectivity index (χ3n) is 3.31. The Morgan fingerprint density at radius 2 is 1.80 bits per heavy atom. The van der Waals surface area contributed by atoms with Gasteiger partial charge in [-0.05, 0) is 29.3 Å². The SMILES string of the molecule is NCc1ccccc1COc1ccc2cccnc2c1. The molecule has 2 aromatic carbocycles. The first-order chi connectivity index (χ1) is 9.86. The number of nitrogens with zero attached hydrogens (tertiary/aromatic N) is 1. The van der Waals surface area contributed by atoms with Crippen molar-refractivity contribution in [2.24, 2.45) is 5.73 Å². The van der Waals surface area contributed by atoms with E-state index in [0.717, 1.165) is 27.8 Å². The monoisotopic (exact) mass is 264 g/mol. The van der Waals surface area contributed by atoms with Crippen LogP contribution in [0.1, 0.15) is 11.1 Å². The third-order valence-corrected chi connectivity index (χ3v) is 3.31. The summed E-state index contributed by atoms with van der Waals surface area (Å²) in [5.41, 5.74) is 8.91. The van der Waals surface area contributed by atoms with Crippen molar-refractivity contribution in [3.05, 3.63) is 71.9 Å². The quantitative estimate of drug-likeness (QED) is 0.786. The van der Waals surface area contributed by atoms with E-state index in [-0.39, 0.29) is 0 Å². The van der Waals surface area contributed by atoms with Crippen LogP contribution in [0.3, 0.4) is 0 Å². The van der Waals surface area contributed by atoms with Gasteiger partial charge in [0.25, 0.3) is 0 Å². The molecule has 0 bridgehead atoms. The average molecular weight is 264 g/mol. The van der Waals surface area contributed by atoms with Crippen LogP contribution in [-0.2, 0) is 13.2 Å². The first kappa shape index (κ1) is 12.6. The fourth-order valence-corrected chi connectivity index (χ4v) is 2.19. The first-order valence-electron chi connectivity index (χ1n) is 6.61. The molecular formula is C17H16N2O. The molecule has 0 saturated heterocycles. The number of rotatable bonds is 4. The third kappa shape index (κ3) is 2.63. The van der Waals surface area contributed by atoms with Gasteiger partial charge in [-0.2, -0.15) is 0 Å². The van der Waals surface area contributed by atoms with E-state index in [0.29, 0.717) is 13.2 Å². The van der Waals surface area contributed by atoms with Gasteiger partial charge in [-0.1, -0.05) is 30.3 Å². The predicted molar refractivity (Wildman–Crippen MR) is 80.4 cm³/mol. The lowest BCUT2D eigenvalue weighted by Gasteiger charge is -2.10. The summed E-state index contributed by atoms with van der Waals surface area (Å²) in [7, 11) is 0. The zero-order valence-electron chi connectivity index (χ0n) is 11.1. The molecule has 100 valence electrons. The summed E-state index contributed by atoms with van der Waals surface area (Å²) in [5.74, 6) is 0.822. The van der Waals surface area contributed by atoms with Crippen molar-refractivity contribution in [2.75, 3.05) is 0 Å². The van der Waals surface area contributed by atoms with E-state index in [1.807, 2.05) is 54.6 Å². The number of pyridine rings is 1. The van der Waals surface area contributed by atoms with Gasteiger partial charge in [-0.15, -0.1) is 0 Å². The van der Waals surface area contributed by atoms with Gasteiger partial charge in [0.2, 0.25) is 0 Å². The lowest BCUT2D eigenvalue weighted by Crippen LogP contribution is -2.04. The highest BCUT2D eigenvalue weighted by Crippen LogP contribution is 2.20. The molecule has 0 unspecified atom stereocenters. The number of ether oxygens (including phenoxy) is 1. The van der Waals surface area contributed by atoms with Crippen molar-refractivity contribution in [2.45, 2.75) is 13.2 Å². The van der Waals surface area contributed by atoms with Crippen molar-refractivity contribution < 1.29 is 4.74 Å². The lowest BCUT2D eigenvalue weighted by atomic mass is 10.1. The van der Waals surface area contributed by atoms with Gasteiger partial charge in [0.05, 0.1) is 5.52 Å². The highest BCUT2D eigenvalue weighted by molar-refractivity contribution is 5.79. The molecule has 0 spiro atoms. The normalized spacial score (nSPS) is 10.7. The van der Waals surface area contributed by atoms with Gasteiger partial charge in [-0.3, -0.25) is 4.98 Å². The Morgan fingerprint density at radius 3 is 2.65 bits per heavy atom. The van der Waals surface area contributed by atoms with E-state index in [1.54, 1.807) is 6.20 Å². The number of hydrogen-bond acceptors (Lipinski definition) is 3. The predicted octanol–water partition coefficient (Wildman–Crippen LogP) is 3.27. The first-order valence-corrected chi connectivity index (χ1v) is 6.61. The largest absolute Gasteiger partial charge is 0.489 e. The zero-order valence-corrected chi connectivity index (χ0v) is 11.1. The van der Waals surface area contributed by atoms with Gasteiger partial charge < -0.3 is 10.5 Å². The van der Waals surface area contributed by atoms with Crippen molar-refractivity contribution in [1.82, 2.24) is 4.98 Å². The number of aromatic nitrogens is 1. The molecule has 1 aromatic heterocycles. The molecule has 0 fully saturated rings. The standard InChI is InChI=1S/C17H16N2O/c18-11-14-4-1-2-5-15(14)12-20-16-8-7-13-6-3-9-19-17(13)10-16/h1-10H,11-12,18H2. The molecule has 3 nitrogen and oxygen atoms in total. The summed E-state index contributed by atoms with van der Waals surface area (Å²) in [6.45, 7) is 1.05. The molecule has 0 radical (unpaired) electrons. The Morgan fingerprint density at radius 1 is 0.950 bits per heavy atom. The van der Waals surface area contributed by atoms with Crippen LogP contribution in [0, 0.1) is 0 Å². The second kappa shape index (κ2) is 5.72. The Kier molecular flexibility index (Phi) is 3.61. The van der Waals surface area contributed by atoms with Crippen LogP contribution in [-0.4, -0.2) is 4.98 Å². The summed E-state index contributed by atoms with van der Waals surface area (Å²) >= 11 is 0. The van der Waals surface area contributed by atoms with Gasteiger partial charge in [0, 0.05) is 24.2 Å². The molecule has 0 aliphatic rings. The van der Waals surface area contributed by atoms with E-state index >= 15 is 0 Å². The number of nitrogens with two attached hydrogens (primary N) is 1. The number of hydrogen-bond donors (Lipinski definition) is 1. The van der Waals surface area contributed by atoms with Crippen molar-refractivity contribution in [3.63, 3.8) is 0 Å². The summed E-state index contributed by atoms with van der Waals surface area (Å²) in [6.07, 6.45) is 1.79. The smallest absolute Gasteiger partial charge is 0.122 e. The maximum absolute atomic E-state index is 5.85. The van der Waals surface area contributed by atoms with E-state index in [1.165, 1.54) is 0 Å². The molecule has 0 aliphatic carbocycles. The summed E-state index contributed by atoms with van der Waals surface area (Å²) in [5, 5.41) is 1.11. The van der Waals surface area contributed by atoms with Gasteiger partial charge in [0.15, 0.2) is 0 Å². The van der Waals surface area contributed by atoms with Crippen LogP contribution in [0.15, 0.2) is 60.8 Å². The molecule has 1 heterocycles. The average Bonchev–Trinajstić information content (AvgIpc) is 2.53. The molecule has 3 aromatic rings. The molecule has 2 N–H and O–H groups in total.